The molecule has 1 aliphatic heterocycles. The van der Waals surface area contributed by atoms with Crippen LogP contribution in [0.5, 0.6) is 11.5 Å². The van der Waals surface area contributed by atoms with Crippen molar-refractivity contribution in [2.24, 2.45) is 5.10 Å². The normalized spacial score (nSPS) is 12.5. The maximum Gasteiger partial charge on any atom is 0.287 e. The highest BCUT2D eigenvalue weighted by molar-refractivity contribution is 6.05. The zero-order valence-electron chi connectivity index (χ0n) is 18.8. The third kappa shape index (κ3) is 5.60. The number of hydrogen-bond donors (Lipinski definition) is 2. The number of nitrogens with one attached hydrogen (secondary N) is 2. The average Bonchev–Trinajstić information content (AvgIpc) is 3.32. The molecule has 8 nitrogen and oxygen atoms in total. The van der Waals surface area contributed by atoms with Crippen LogP contribution >= 0.6 is 0 Å². The van der Waals surface area contributed by atoms with Crippen molar-refractivity contribution < 1.29 is 19.1 Å². The lowest BCUT2D eigenvalue weighted by Gasteiger charge is -2.11. The van der Waals surface area contributed by atoms with E-state index in [9.17, 15) is 9.59 Å². The van der Waals surface area contributed by atoms with E-state index >= 15 is 0 Å². The Labute approximate surface area is 197 Å². The molecule has 0 aromatic heterocycles. The van der Waals surface area contributed by atoms with Gasteiger partial charge in [0.15, 0.2) is 11.5 Å². The molecule has 2 N–H and O–H groups in total. The van der Waals surface area contributed by atoms with Crippen LogP contribution in [0.3, 0.4) is 0 Å². The molecule has 0 bridgehead atoms. The third-order valence-electron chi connectivity index (χ3n) is 5.03. The Balaban J connectivity index is 1.52. The highest BCUT2D eigenvalue weighted by atomic mass is 16.7. The van der Waals surface area contributed by atoms with E-state index in [1.54, 1.807) is 48.5 Å². The first kappa shape index (κ1) is 22.6. The number of fused-ring (bicyclic) bond motifs is 1. The minimum Gasteiger partial charge on any atom is -0.454 e. The van der Waals surface area contributed by atoms with Gasteiger partial charge in [-0.2, -0.15) is 5.10 Å². The van der Waals surface area contributed by atoms with Crippen molar-refractivity contribution in [2.45, 2.75) is 0 Å². The molecule has 0 saturated carbocycles. The first-order valence-corrected chi connectivity index (χ1v) is 10.6. The molecule has 2 amide bonds. The first-order chi connectivity index (χ1) is 16.5. The lowest BCUT2D eigenvalue weighted by Crippen LogP contribution is -2.32. The van der Waals surface area contributed by atoms with E-state index in [2.05, 4.69) is 15.8 Å². The van der Waals surface area contributed by atoms with Gasteiger partial charge in [0.25, 0.3) is 11.8 Å². The predicted octanol–water partition coefficient (Wildman–Crippen LogP) is 3.40. The lowest BCUT2D eigenvalue weighted by molar-refractivity contribution is -0.117. The molecule has 8 heteroatoms. The minimum atomic E-state index is -0.567. The topological polar surface area (TPSA) is 92.3 Å². The number of benzene rings is 3. The van der Waals surface area contributed by atoms with Gasteiger partial charge in [0.1, 0.15) is 5.70 Å². The number of carbonyl (C=O) groups is 2. The van der Waals surface area contributed by atoms with Crippen molar-refractivity contribution in [1.29, 1.82) is 0 Å². The van der Waals surface area contributed by atoms with Gasteiger partial charge in [0.05, 0.1) is 6.21 Å². The molecular weight excluding hydrogens is 432 g/mol. The Bertz CT molecular complexity index is 1240. The molecule has 0 radical (unpaired) electrons. The monoisotopic (exact) mass is 456 g/mol. The number of hydrazone groups is 1. The summed E-state index contributed by atoms with van der Waals surface area (Å²) in [6.07, 6.45) is 3.09. The highest BCUT2D eigenvalue weighted by Crippen LogP contribution is 2.33. The van der Waals surface area contributed by atoms with Crippen LogP contribution in [0, 0.1) is 0 Å². The Kier molecular flexibility index (Phi) is 6.88. The van der Waals surface area contributed by atoms with Gasteiger partial charge < -0.3 is 19.7 Å². The summed E-state index contributed by atoms with van der Waals surface area (Å²) in [5.41, 5.74) is 5.47. The van der Waals surface area contributed by atoms with Crippen LogP contribution in [0.25, 0.3) is 6.08 Å². The highest BCUT2D eigenvalue weighted by Gasteiger charge is 2.16. The number of amides is 2. The van der Waals surface area contributed by atoms with Crippen molar-refractivity contribution >= 4 is 29.8 Å². The number of nitrogens with zero attached hydrogens (tertiary/aromatic N) is 2. The SMILES string of the molecule is CN(C)c1ccc(/C=N\NC(=O)/C(=C/c2ccc3c(c2)OCO3)NC(=O)c2ccccc2)cc1. The Morgan fingerprint density at radius 3 is 2.35 bits per heavy atom. The summed E-state index contributed by atoms with van der Waals surface area (Å²) in [5.74, 6) is 0.220. The van der Waals surface area contributed by atoms with Gasteiger partial charge >= 0.3 is 0 Å². The molecule has 0 atom stereocenters. The zero-order valence-corrected chi connectivity index (χ0v) is 18.8. The third-order valence-corrected chi connectivity index (χ3v) is 5.03. The fraction of sp³-hybridized carbons (Fsp3) is 0.115. The van der Waals surface area contributed by atoms with E-state index in [0.717, 1.165) is 11.3 Å². The van der Waals surface area contributed by atoms with Crippen LogP contribution in [0.15, 0.2) is 83.6 Å². The maximum absolute atomic E-state index is 12.9. The Morgan fingerprint density at radius 2 is 1.62 bits per heavy atom. The van der Waals surface area contributed by atoms with E-state index in [4.69, 9.17) is 9.47 Å². The summed E-state index contributed by atoms with van der Waals surface area (Å²) < 4.78 is 10.7. The largest absolute Gasteiger partial charge is 0.454 e. The van der Waals surface area contributed by atoms with E-state index in [1.165, 1.54) is 6.21 Å². The second-order valence-corrected chi connectivity index (χ2v) is 7.68. The fourth-order valence-electron chi connectivity index (χ4n) is 3.20. The molecule has 34 heavy (non-hydrogen) atoms. The van der Waals surface area contributed by atoms with Crippen LogP contribution in [0.1, 0.15) is 21.5 Å². The molecule has 3 aromatic rings. The molecule has 0 saturated heterocycles. The molecule has 0 fully saturated rings. The number of carbonyl (C=O) groups excluding carboxylic acids is 2. The molecule has 1 aliphatic rings. The zero-order chi connectivity index (χ0) is 23.9. The van der Waals surface area contributed by atoms with Crippen LogP contribution in [-0.2, 0) is 4.79 Å². The van der Waals surface area contributed by atoms with Crippen LogP contribution < -0.4 is 25.1 Å². The van der Waals surface area contributed by atoms with Crippen molar-refractivity contribution in [2.75, 3.05) is 25.8 Å². The van der Waals surface area contributed by atoms with E-state index in [0.29, 0.717) is 22.6 Å². The molecule has 0 unspecified atom stereocenters. The predicted molar refractivity (Wildman–Crippen MR) is 131 cm³/mol. The quantitative estimate of drug-likeness (QED) is 0.323. The summed E-state index contributed by atoms with van der Waals surface area (Å²) in [5, 5.41) is 6.72. The Morgan fingerprint density at radius 1 is 0.912 bits per heavy atom. The second-order valence-electron chi connectivity index (χ2n) is 7.68. The van der Waals surface area contributed by atoms with Crippen molar-refractivity contribution in [3.05, 3.63) is 95.2 Å². The first-order valence-electron chi connectivity index (χ1n) is 10.6. The van der Waals surface area contributed by atoms with E-state index in [1.807, 2.05) is 49.3 Å². The van der Waals surface area contributed by atoms with Crippen molar-refractivity contribution in [3.63, 3.8) is 0 Å². The molecule has 4 rings (SSSR count). The van der Waals surface area contributed by atoms with Crippen LogP contribution in [0.2, 0.25) is 0 Å². The van der Waals surface area contributed by atoms with E-state index in [-0.39, 0.29) is 12.5 Å². The summed E-state index contributed by atoms with van der Waals surface area (Å²) in [6.45, 7) is 0.144. The molecule has 1 heterocycles. The summed E-state index contributed by atoms with van der Waals surface area (Å²) in [4.78, 5) is 27.6. The van der Waals surface area contributed by atoms with Crippen molar-refractivity contribution in [1.82, 2.24) is 10.7 Å². The molecule has 3 aromatic carbocycles. The van der Waals surface area contributed by atoms with Gasteiger partial charge in [-0.1, -0.05) is 36.4 Å². The summed E-state index contributed by atoms with van der Waals surface area (Å²) >= 11 is 0. The fourth-order valence-corrected chi connectivity index (χ4v) is 3.20. The van der Waals surface area contributed by atoms with E-state index < -0.39 is 11.8 Å². The van der Waals surface area contributed by atoms with Crippen LogP contribution in [0.4, 0.5) is 5.69 Å². The van der Waals surface area contributed by atoms with Gasteiger partial charge in [-0.25, -0.2) is 5.43 Å². The van der Waals surface area contributed by atoms with Gasteiger partial charge in [0.2, 0.25) is 6.79 Å². The number of ether oxygens (including phenoxy) is 2. The number of rotatable bonds is 7. The maximum atomic E-state index is 12.9. The number of anilines is 1. The standard InChI is InChI=1S/C26H24N4O4/c1-30(2)21-11-8-18(9-12-21)16-27-29-26(32)22(28-25(31)20-6-4-3-5-7-20)14-19-10-13-23-24(15-19)34-17-33-23/h3-16H,17H2,1-2H3,(H,28,31)(H,29,32)/b22-14-,27-16-. The molecule has 172 valence electrons. The Hall–Kier alpha value is -4.59. The summed E-state index contributed by atoms with van der Waals surface area (Å²) in [7, 11) is 3.92. The lowest BCUT2D eigenvalue weighted by atomic mass is 10.1. The van der Waals surface area contributed by atoms with Gasteiger partial charge in [-0.15, -0.1) is 0 Å². The average molecular weight is 457 g/mol. The van der Waals surface area contributed by atoms with Gasteiger partial charge in [-0.3, -0.25) is 9.59 Å². The summed E-state index contributed by atoms with van der Waals surface area (Å²) in [6, 6.07) is 21.6. The van der Waals surface area contributed by atoms with Crippen molar-refractivity contribution in [3.8, 4) is 11.5 Å². The molecule has 0 spiro atoms. The van der Waals surface area contributed by atoms with Gasteiger partial charge in [0, 0.05) is 25.3 Å². The smallest absolute Gasteiger partial charge is 0.287 e. The van der Waals surface area contributed by atoms with Gasteiger partial charge in [-0.05, 0) is 53.6 Å². The second kappa shape index (κ2) is 10.4. The molecular formula is C26H24N4O4. The molecule has 0 aliphatic carbocycles. The number of hydrogen-bond acceptors (Lipinski definition) is 6. The minimum absolute atomic E-state index is 0.0350. The van der Waals surface area contributed by atoms with Crippen LogP contribution in [-0.4, -0.2) is 38.9 Å².